The fourth-order valence-corrected chi connectivity index (χ4v) is 3.43. The van der Waals surface area contributed by atoms with E-state index in [1.54, 1.807) is 23.1 Å². The lowest BCUT2D eigenvalue weighted by atomic mass is 9.96. The molecule has 2 aromatic rings. The van der Waals surface area contributed by atoms with Gasteiger partial charge in [0.15, 0.2) is 0 Å². The van der Waals surface area contributed by atoms with Crippen molar-refractivity contribution >= 4 is 17.6 Å². The third-order valence-corrected chi connectivity index (χ3v) is 5.09. The number of amides is 2. The molecule has 0 radical (unpaired) electrons. The lowest BCUT2D eigenvalue weighted by Gasteiger charge is -2.32. The van der Waals surface area contributed by atoms with Crippen molar-refractivity contribution in [1.29, 1.82) is 0 Å². The van der Waals surface area contributed by atoms with Crippen molar-refractivity contribution in [3.8, 4) is 5.75 Å². The van der Waals surface area contributed by atoms with Crippen LogP contribution >= 0.6 is 0 Å². The van der Waals surface area contributed by atoms with E-state index in [2.05, 4.69) is 17.2 Å². The van der Waals surface area contributed by atoms with Crippen LogP contribution in [0.3, 0.4) is 0 Å². The van der Waals surface area contributed by atoms with Gasteiger partial charge in [-0.3, -0.25) is 9.59 Å². The Hall–Kier alpha value is -2.89. The quantitative estimate of drug-likeness (QED) is 0.718. The molecule has 1 aromatic carbocycles. The van der Waals surface area contributed by atoms with Crippen molar-refractivity contribution in [2.24, 2.45) is 5.92 Å². The summed E-state index contributed by atoms with van der Waals surface area (Å²) in [7, 11) is 0. The predicted octanol–water partition coefficient (Wildman–Crippen LogP) is 4.06. The summed E-state index contributed by atoms with van der Waals surface area (Å²) in [6.07, 6.45) is 3.67. The zero-order valence-corrected chi connectivity index (χ0v) is 17.2. The predicted molar refractivity (Wildman–Crippen MR) is 113 cm³/mol. The zero-order chi connectivity index (χ0) is 20.6. The minimum absolute atomic E-state index is 0.0451. The number of ether oxygens (including phenoxy) is 1. The van der Waals surface area contributed by atoms with Gasteiger partial charge >= 0.3 is 0 Å². The normalized spacial score (nSPS) is 16.3. The van der Waals surface area contributed by atoms with Gasteiger partial charge in [-0.05, 0) is 62.6 Å². The Morgan fingerprint density at radius 3 is 2.72 bits per heavy atom. The second-order valence-electron chi connectivity index (χ2n) is 7.47. The van der Waals surface area contributed by atoms with Crippen LogP contribution in [0, 0.1) is 12.8 Å². The van der Waals surface area contributed by atoms with Gasteiger partial charge in [0.25, 0.3) is 5.91 Å². The Morgan fingerprint density at radius 1 is 1.21 bits per heavy atom. The molecular formula is C23H29N3O3. The molecule has 1 fully saturated rings. The molecule has 1 aromatic heterocycles. The van der Waals surface area contributed by atoms with Crippen LogP contribution in [0.25, 0.3) is 0 Å². The maximum Gasteiger partial charge on any atom is 0.253 e. The van der Waals surface area contributed by atoms with E-state index in [4.69, 9.17) is 4.74 Å². The third-order valence-electron chi connectivity index (χ3n) is 5.09. The van der Waals surface area contributed by atoms with Crippen LogP contribution in [-0.2, 0) is 4.79 Å². The molecule has 6 heteroatoms. The van der Waals surface area contributed by atoms with Crippen molar-refractivity contribution in [3.05, 3.63) is 53.7 Å². The molecule has 29 heavy (non-hydrogen) atoms. The van der Waals surface area contributed by atoms with Crippen LogP contribution in [0.5, 0.6) is 5.75 Å². The highest BCUT2D eigenvalue weighted by Crippen LogP contribution is 2.21. The van der Waals surface area contributed by atoms with Crippen LogP contribution < -0.4 is 10.1 Å². The number of hydrogen-bond acceptors (Lipinski definition) is 4. The van der Waals surface area contributed by atoms with Crippen molar-refractivity contribution in [2.75, 3.05) is 25.0 Å². The smallest absolute Gasteiger partial charge is 0.253 e. The van der Waals surface area contributed by atoms with Crippen LogP contribution in [0.15, 0.2) is 42.5 Å². The Balaban J connectivity index is 1.58. The Labute approximate surface area is 172 Å². The van der Waals surface area contributed by atoms with E-state index < -0.39 is 0 Å². The first-order valence-corrected chi connectivity index (χ1v) is 10.3. The highest BCUT2D eigenvalue weighted by Gasteiger charge is 2.29. The molecule has 2 amide bonds. The number of unbranched alkanes of at least 4 members (excludes halogenated alkanes) is 1. The van der Waals surface area contributed by atoms with E-state index in [0.29, 0.717) is 31.1 Å². The second-order valence-corrected chi connectivity index (χ2v) is 7.47. The summed E-state index contributed by atoms with van der Waals surface area (Å²) in [5.41, 5.74) is 1.47. The van der Waals surface area contributed by atoms with E-state index in [1.807, 2.05) is 31.2 Å². The molecule has 0 aliphatic carbocycles. The largest absolute Gasteiger partial charge is 0.494 e. The minimum Gasteiger partial charge on any atom is -0.494 e. The fourth-order valence-electron chi connectivity index (χ4n) is 3.43. The van der Waals surface area contributed by atoms with E-state index >= 15 is 0 Å². The molecule has 1 saturated heterocycles. The van der Waals surface area contributed by atoms with Crippen molar-refractivity contribution < 1.29 is 14.3 Å². The number of carbonyl (C=O) groups is 2. The average Bonchev–Trinajstić information content (AvgIpc) is 2.74. The number of rotatable bonds is 7. The van der Waals surface area contributed by atoms with E-state index in [9.17, 15) is 9.59 Å². The number of hydrogen-bond donors (Lipinski definition) is 1. The summed E-state index contributed by atoms with van der Waals surface area (Å²) < 4.78 is 5.66. The standard InChI is InChI=1S/C23H29N3O3/c1-3-4-15-29-20-12-10-18(11-13-20)23(28)26-14-6-8-19(16-26)22(27)25-21-9-5-7-17(2)24-21/h5,7,9-13,19H,3-4,6,8,14-16H2,1-2H3,(H,24,25,27). The average molecular weight is 396 g/mol. The molecular weight excluding hydrogens is 366 g/mol. The topological polar surface area (TPSA) is 71.5 Å². The first kappa shape index (κ1) is 20.8. The number of carbonyl (C=O) groups excluding carboxylic acids is 2. The zero-order valence-electron chi connectivity index (χ0n) is 17.2. The lowest BCUT2D eigenvalue weighted by molar-refractivity contribution is -0.121. The molecule has 6 nitrogen and oxygen atoms in total. The molecule has 1 atom stereocenters. The fraction of sp³-hybridized carbons (Fsp3) is 0.435. The lowest BCUT2D eigenvalue weighted by Crippen LogP contribution is -2.43. The number of aromatic nitrogens is 1. The summed E-state index contributed by atoms with van der Waals surface area (Å²) in [5, 5.41) is 2.88. The van der Waals surface area contributed by atoms with Crippen molar-refractivity contribution in [3.63, 3.8) is 0 Å². The molecule has 1 aliphatic rings. The van der Waals surface area contributed by atoms with Gasteiger partial charge in [-0.15, -0.1) is 0 Å². The van der Waals surface area contributed by atoms with Crippen LogP contribution in [0.2, 0.25) is 0 Å². The van der Waals surface area contributed by atoms with E-state index in [1.165, 1.54) is 0 Å². The molecule has 0 saturated carbocycles. The molecule has 3 rings (SSSR count). The van der Waals surface area contributed by atoms with Gasteiger partial charge in [0.05, 0.1) is 12.5 Å². The van der Waals surface area contributed by atoms with Gasteiger partial charge in [0.1, 0.15) is 11.6 Å². The van der Waals surface area contributed by atoms with Crippen LogP contribution in [0.1, 0.15) is 48.7 Å². The second kappa shape index (κ2) is 10.0. The number of nitrogens with one attached hydrogen (secondary N) is 1. The number of likely N-dealkylation sites (tertiary alicyclic amines) is 1. The first-order valence-electron chi connectivity index (χ1n) is 10.3. The molecule has 154 valence electrons. The van der Waals surface area contributed by atoms with E-state index in [0.717, 1.165) is 37.1 Å². The number of aryl methyl sites for hydroxylation is 1. The summed E-state index contributed by atoms with van der Waals surface area (Å²) in [6, 6.07) is 12.8. The number of nitrogens with zero attached hydrogens (tertiary/aromatic N) is 2. The maximum absolute atomic E-state index is 12.9. The van der Waals surface area contributed by atoms with Crippen molar-refractivity contribution in [1.82, 2.24) is 9.88 Å². The van der Waals surface area contributed by atoms with E-state index in [-0.39, 0.29) is 17.7 Å². The van der Waals surface area contributed by atoms with Gasteiger partial charge < -0.3 is 15.0 Å². The number of pyridine rings is 1. The summed E-state index contributed by atoms with van der Waals surface area (Å²) in [6.45, 7) is 5.78. The first-order chi connectivity index (χ1) is 14.1. The molecule has 1 aliphatic heterocycles. The molecule has 0 spiro atoms. The van der Waals surface area contributed by atoms with Gasteiger partial charge in [-0.2, -0.15) is 0 Å². The number of anilines is 1. The Kier molecular flexibility index (Phi) is 7.22. The van der Waals surface area contributed by atoms with Gasteiger partial charge in [0, 0.05) is 24.3 Å². The Bertz CT molecular complexity index is 836. The SMILES string of the molecule is CCCCOc1ccc(C(=O)N2CCCC(C(=O)Nc3cccc(C)n3)C2)cc1. The summed E-state index contributed by atoms with van der Waals surface area (Å²) in [4.78, 5) is 31.6. The minimum atomic E-state index is -0.230. The van der Waals surface area contributed by atoms with Gasteiger partial charge in [-0.25, -0.2) is 4.98 Å². The molecule has 0 bridgehead atoms. The highest BCUT2D eigenvalue weighted by molar-refractivity contribution is 5.96. The number of piperidine rings is 1. The molecule has 1 unspecified atom stereocenters. The summed E-state index contributed by atoms with van der Waals surface area (Å²) in [5.74, 6) is 0.969. The third kappa shape index (κ3) is 5.79. The molecule has 2 heterocycles. The number of benzene rings is 1. The highest BCUT2D eigenvalue weighted by atomic mass is 16.5. The maximum atomic E-state index is 12.9. The summed E-state index contributed by atoms with van der Waals surface area (Å²) >= 11 is 0. The van der Waals surface area contributed by atoms with Crippen molar-refractivity contribution in [2.45, 2.75) is 39.5 Å². The molecule has 1 N–H and O–H groups in total. The Morgan fingerprint density at radius 2 is 2.00 bits per heavy atom. The van der Waals surface area contributed by atoms with Gasteiger partial charge in [-0.1, -0.05) is 19.4 Å². The van der Waals surface area contributed by atoms with Crippen LogP contribution in [0.4, 0.5) is 5.82 Å². The van der Waals surface area contributed by atoms with Gasteiger partial charge in [0.2, 0.25) is 5.91 Å². The monoisotopic (exact) mass is 395 g/mol. The van der Waals surface area contributed by atoms with Crippen LogP contribution in [-0.4, -0.2) is 41.4 Å².